The van der Waals surface area contributed by atoms with E-state index in [9.17, 15) is 8.42 Å². The number of pyridine rings is 1. The number of anilines is 1. The Kier molecular flexibility index (Phi) is 6.09. The van der Waals surface area contributed by atoms with Crippen LogP contribution in [-0.4, -0.2) is 54.5 Å². The highest BCUT2D eigenvalue weighted by molar-refractivity contribution is 7.90. The van der Waals surface area contributed by atoms with Gasteiger partial charge in [-0.3, -0.25) is 0 Å². The Balaban J connectivity index is 1.48. The molecule has 0 amide bonds. The first kappa shape index (κ1) is 22.6. The van der Waals surface area contributed by atoms with E-state index in [1.165, 1.54) is 5.69 Å². The second-order valence-electron chi connectivity index (χ2n) is 10.3. The summed E-state index contributed by atoms with van der Waals surface area (Å²) in [6.45, 7) is 11.1. The van der Waals surface area contributed by atoms with E-state index in [1.807, 2.05) is 12.3 Å². The van der Waals surface area contributed by atoms with Gasteiger partial charge in [0.2, 0.25) is 10.0 Å². The Morgan fingerprint density at radius 3 is 2.39 bits per heavy atom. The Morgan fingerprint density at radius 1 is 1.13 bits per heavy atom. The summed E-state index contributed by atoms with van der Waals surface area (Å²) in [5.41, 5.74) is 2.35. The smallest absolute Gasteiger partial charge is 0.216 e. The molecule has 1 aliphatic heterocycles. The summed E-state index contributed by atoms with van der Waals surface area (Å²) in [6.07, 6.45) is 5.91. The maximum absolute atomic E-state index is 12.5. The molecule has 0 spiro atoms. The van der Waals surface area contributed by atoms with E-state index in [1.54, 1.807) is 20.8 Å². The molecule has 0 radical (unpaired) electrons. The van der Waals surface area contributed by atoms with Crippen molar-refractivity contribution in [3.63, 3.8) is 0 Å². The standard InChI is InChI=1S/C23H36N4O3S/c1-15-13-27(14-16(2)30-15)22-19-12-21(25-20(19)10-11-24-22)17-6-8-18(9-7-17)26-31(28,29)23(3,4)5/h10-12,15-18,25-26H,6-9,13-14H2,1-5H3/t15-,16+,17?,18?. The molecule has 2 aliphatic rings. The highest BCUT2D eigenvalue weighted by Crippen LogP contribution is 2.36. The number of fused-ring (bicyclic) bond motifs is 1. The van der Waals surface area contributed by atoms with Crippen LogP contribution >= 0.6 is 0 Å². The number of hydrogen-bond acceptors (Lipinski definition) is 5. The molecule has 1 saturated carbocycles. The quantitative estimate of drug-likeness (QED) is 0.740. The lowest BCUT2D eigenvalue weighted by Gasteiger charge is -2.36. The predicted molar refractivity (Wildman–Crippen MR) is 125 cm³/mol. The van der Waals surface area contributed by atoms with Gasteiger partial charge >= 0.3 is 0 Å². The molecule has 172 valence electrons. The number of hydrogen-bond donors (Lipinski definition) is 2. The first-order valence-corrected chi connectivity index (χ1v) is 12.9. The van der Waals surface area contributed by atoms with Gasteiger partial charge in [-0.05, 0) is 78.4 Å². The minimum absolute atomic E-state index is 0.0263. The molecule has 2 N–H and O–H groups in total. The van der Waals surface area contributed by atoms with E-state index < -0.39 is 14.8 Å². The van der Waals surface area contributed by atoms with Crippen molar-refractivity contribution in [2.75, 3.05) is 18.0 Å². The van der Waals surface area contributed by atoms with E-state index in [2.05, 4.69) is 34.5 Å². The van der Waals surface area contributed by atoms with Crippen LogP contribution in [-0.2, 0) is 14.8 Å². The summed E-state index contributed by atoms with van der Waals surface area (Å²) >= 11 is 0. The highest BCUT2D eigenvalue weighted by atomic mass is 32.2. The Morgan fingerprint density at radius 2 is 1.77 bits per heavy atom. The van der Waals surface area contributed by atoms with Crippen LogP contribution in [0, 0.1) is 0 Å². The number of morpholine rings is 1. The number of rotatable bonds is 4. The van der Waals surface area contributed by atoms with Crippen molar-refractivity contribution in [1.29, 1.82) is 0 Å². The van der Waals surface area contributed by atoms with Crippen molar-refractivity contribution in [2.45, 2.75) is 89.2 Å². The third-order valence-electron chi connectivity index (χ3n) is 6.56. The van der Waals surface area contributed by atoms with Crippen LogP contribution in [0.15, 0.2) is 18.3 Å². The number of nitrogens with zero attached hydrogens (tertiary/aromatic N) is 2. The van der Waals surface area contributed by atoms with Crippen LogP contribution in [0.1, 0.15) is 71.9 Å². The van der Waals surface area contributed by atoms with Crippen molar-refractivity contribution in [3.05, 3.63) is 24.0 Å². The van der Waals surface area contributed by atoms with Crippen LogP contribution in [0.4, 0.5) is 5.82 Å². The second kappa shape index (κ2) is 8.37. The van der Waals surface area contributed by atoms with Crippen molar-refractivity contribution in [2.24, 2.45) is 0 Å². The number of H-pyrrole nitrogens is 1. The van der Waals surface area contributed by atoms with Crippen LogP contribution in [0.3, 0.4) is 0 Å². The summed E-state index contributed by atoms with van der Waals surface area (Å²) in [5.74, 6) is 1.44. The number of ether oxygens (including phenoxy) is 1. The van der Waals surface area contributed by atoms with Crippen molar-refractivity contribution < 1.29 is 13.2 Å². The van der Waals surface area contributed by atoms with Crippen molar-refractivity contribution >= 4 is 26.7 Å². The lowest BCUT2D eigenvalue weighted by molar-refractivity contribution is -0.00536. The normalized spacial score (nSPS) is 28.2. The fourth-order valence-electron chi connectivity index (χ4n) is 4.80. The number of nitrogens with one attached hydrogen (secondary N) is 2. The Labute approximate surface area is 186 Å². The molecular formula is C23H36N4O3S. The molecule has 8 heteroatoms. The van der Waals surface area contributed by atoms with Crippen LogP contribution in [0.2, 0.25) is 0 Å². The third kappa shape index (κ3) is 4.76. The Hall–Kier alpha value is -1.64. The van der Waals surface area contributed by atoms with E-state index >= 15 is 0 Å². The third-order valence-corrected chi connectivity index (χ3v) is 8.82. The zero-order valence-corrected chi connectivity index (χ0v) is 20.1. The Bertz CT molecular complexity index is 1010. The number of aromatic amines is 1. The molecular weight excluding hydrogens is 412 g/mol. The molecule has 0 unspecified atom stereocenters. The minimum atomic E-state index is -3.31. The first-order chi connectivity index (χ1) is 14.5. The molecule has 3 heterocycles. The second-order valence-corrected chi connectivity index (χ2v) is 12.7. The topological polar surface area (TPSA) is 87.3 Å². The van der Waals surface area contributed by atoms with E-state index in [0.29, 0.717) is 5.92 Å². The van der Waals surface area contributed by atoms with Gasteiger partial charge in [-0.2, -0.15) is 0 Å². The van der Waals surface area contributed by atoms with Gasteiger partial charge in [0.05, 0.1) is 22.5 Å². The van der Waals surface area contributed by atoms with Crippen molar-refractivity contribution in [3.8, 4) is 0 Å². The molecule has 2 aromatic heterocycles. The van der Waals surface area contributed by atoms with Gasteiger partial charge in [-0.1, -0.05) is 0 Å². The largest absolute Gasteiger partial charge is 0.372 e. The SMILES string of the molecule is C[C@@H]1CN(c2nccc3[nH]c(C4CCC(NS(=O)(=O)C(C)(C)C)CC4)cc23)C[C@H](C)O1. The molecule has 2 aromatic rings. The van der Waals surface area contributed by atoms with Crippen LogP contribution in [0.5, 0.6) is 0 Å². The molecule has 2 atom stereocenters. The first-order valence-electron chi connectivity index (χ1n) is 11.4. The van der Waals surface area contributed by atoms with Crippen LogP contribution < -0.4 is 9.62 Å². The van der Waals surface area contributed by atoms with E-state index in [0.717, 1.165) is 55.5 Å². The van der Waals surface area contributed by atoms with Gasteiger partial charge in [0, 0.05) is 36.4 Å². The minimum Gasteiger partial charge on any atom is -0.372 e. The average molecular weight is 449 g/mol. The number of sulfonamides is 1. The molecule has 1 aliphatic carbocycles. The van der Waals surface area contributed by atoms with Gasteiger partial charge in [-0.15, -0.1) is 0 Å². The summed E-state index contributed by atoms with van der Waals surface area (Å²) in [6, 6.07) is 4.32. The molecule has 7 nitrogen and oxygen atoms in total. The average Bonchev–Trinajstić information content (AvgIpc) is 3.11. The fourth-order valence-corrected chi connectivity index (χ4v) is 5.83. The van der Waals surface area contributed by atoms with Gasteiger partial charge in [0.25, 0.3) is 0 Å². The molecule has 2 fully saturated rings. The summed E-state index contributed by atoms with van der Waals surface area (Å²) < 4.78 is 33.0. The summed E-state index contributed by atoms with van der Waals surface area (Å²) in [4.78, 5) is 10.7. The zero-order valence-electron chi connectivity index (χ0n) is 19.3. The van der Waals surface area contributed by atoms with E-state index in [-0.39, 0.29) is 18.2 Å². The molecule has 31 heavy (non-hydrogen) atoms. The van der Waals surface area contributed by atoms with Crippen molar-refractivity contribution in [1.82, 2.24) is 14.7 Å². The van der Waals surface area contributed by atoms with Gasteiger partial charge in [0.15, 0.2) is 0 Å². The number of aromatic nitrogens is 2. The zero-order chi connectivity index (χ0) is 22.4. The summed E-state index contributed by atoms with van der Waals surface area (Å²) in [5, 5.41) is 1.16. The molecule has 0 aromatic carbocycles. The van der Waals surface area contributed by atoms with E-state index in [4.69, 9.17) is 9.72 Å². The molecule has 0 bridgehead atoms. The van der Waals surface area contributed by atoms with Gasteiger partial charge in [0.1, 0.15) is 5.82 Å². The van der Waals surface area contributed by atoms with Crippen LogP contribution in [0.25, 0.3) is 10.9 Å². The highest BCUT2D eigenvalue weighted by Gasteiger charge is 2.33. The maximum Gasteiger partial charge on any atom is 0.216 e. The lowest BCUT2D eigenvalue weighted by atomic mass is 9.84. The molecule has 4 rings (SSSR count). The maximum atomic E-state index is 12.5. The fraction of sp³-hybridized carbons (Fsp3) is 0.696. The van der Waals surface area contributed by atoms with Gasteiger partial charge in [-0.25, -0.2) is 18.1 Å². The predicted octanol–water partition coefficient (Wildman–Crippen LogP) is 3.92. The monoisotopic (exact) mass is 448 g/mol. The summed E-state index contributed by atoms with van der Waals surface area (Å²) in [7, 11) is -3.31. The lowest BCUT2D eigenvalue weighted by Crippen LogP contribution is -2.45. The van der Waals surface area contributed by atoms with Gasteiger partial charge < -0.3 is 14.6 Å². The molecule has 1 saturated heterocycles.